The topological polar surface area (TPSA) is 43.4 Å². The third-order valence-corrected chi connectivity index (χ3v) is 2.52. The molecule has 0 N–H and O–H groups in total. The predicted octanol–water partition coefficient (Wildman–Crippen LogP) is 2.75. The maximum absolute atomic E-state index is 11.7. The van der Waals surface area contributed by atoms with Gasteiger partial charge >= 0.3 is 5.97 Å². The molecule has 0 spiro atoms. The third kappa shape index (κ3) is 4.60. The molecule has 0 aliphatic heterocycles. The lowest BCUT2D eigenvalue weighted by Crippen LogP contribution is -2.30. The maximum Gasteiger partial charge on any atom is 0.375 e. The van der Waals surface area contributed by atoms with Gasteiger partial charge < -0.3 is 4.74 Å². The van der Waals surface area contributed by atoms with E-state index in [0.717, 1.165) is 12.8 Å². The van der Waals surface area contributed by atoms with Crippen LogP contribution in [-0.2, 0) is 14.3 Å². The molecule has 0 aliphatic rings. The van der Waals surface area contributed by atoms with Crippen LogP contribution >= 0.6 is 0 Å². The minimum Gasteiger partial charge on any atom is -0.457 e. The van der Waals surface area contributed by atoms with E-state index in [1.807, 2.05) is 6.92 Å². The molecule has 3 heteroatoms. The van der Waals surface area contributed by atoms with Gasteiger partial charge in [-0.05, 0) is 26.2 Å². The molecule has 3 nitrogen and oxygen atoms in total. The Kier molecular flexibility index (Phi) is 6.70. The van der Waals surface area contributed by atoms with Crippen molar-refractivity contribution in [3.63, 3.8) is 0 Å². The lowest BCUT2D eigenvalue weighted by molar-refractivity contribution is -0.158. The van der Waals surface area contributed by atoms with E-state index in [2.05, 4.69) is 6.58 Å². The van der Waals surface area contributed by atoms with Crippen molar-refractivity contribution in [2.45, 2.75) is 46.6 Å². The van der Waals surface area contributed by atoms with Crippen LogP contribution in [0.3, 0.4) is 0 Å². The Morgan fingerprint density at radius 2 is 1.88 bits per heavy atom. The zero-order chi connectivity index (χ0) is 12.7. The van der Waals surface area contributed by atoms with Gasteiger partial charge in [-0.3, -0.25) is 4.79 Å². The molecule has 0 aromatic heterocycles. The SMILES string of the molecule is C=CC(CCC)C(C)C(=O)C(=O)OC(C)C. The van der Waals surface area contributed by atoms with Crippen LogP contribution in [0.15, 0.2) is 12.7 Å². The fourth-order valence-electron chi connectivity index (χ4n) is 1.56. The first kappa shape index (κ1) is 14.9. The largest absolute Gasteiger partial charge is 0.457 e. The van der Waals surface area contributed by atoms with Crippen LogP contribution in [-0.4, -0.2) is 17.9 Å². The number of carbonyl (C=O) groups is 2. The van der Waals surface area contributed by atoms with Crippen molar-refractivity contribution >= 4 is 11.8 Å². The highest BCUT2D eigenvalue weighted by atomic mass is 16.5. The number of ketones is 1. The maximum atomic E-state index is 11.7. The molecular weight excluding hydrogens is 204 g/mol. The van der Waals surface area contributed by atoms with Gasteiger partial charge in [-0.1, -0.05) is 26.3 Å². The molecule has 0 bridgehead atoms. The second kappa shape index (κ2) is 7.20. The van der Waals surface area contributed by atoms with Crippen LogP contribution in [0.1, 0.15) is 40.5 Å². The molecule has 2 unspecified atom stereocenters. The minimum absolute atomic E-state index is 0.0530. The summed E-state index contributed by atoms with van der Waals surface area (Å²) in [5.74, 6) is -1.47. The van der Waals surface area contributed by atoms with Crippen molar-refractivity contribution in [1.29, 1.82) is 0 Å². The summed E-state index contributed by atoms with van der Waals surface area (Å²) in [4.78, 5) is 23.1. The average molecular weight is 226 g/mol. The lowest BCUT2D eigenvalue weighted by atomic mass is 9.87. The second-order valence-corrected chi connectivity index (χ2v) is 4.30. The minimum atomic E-state index is -0.731. The molecule has 0 fully saturated rings. The van der Waals surface area contributed by atoms with Crippen LogP contribution in [0.25, 0.3) is 0 Å². The molecule has 0 aromatic carbocycles. The predicted molar refractivity (Wildman–Crippen MR) is 64.0 cm³/mol. The normalized spacial score (nSPS) is 14.3. The molecule has 0 aliphatic carbocycles. The molecule has 0 heterocycles. The van der Waals surface area contributed by atoms with E-state index in [1.165, 1.54) is 0 Å². The molecule has 0 saturated carbocycles. The van der Waals surface area contributed by atoms with Gasteiger partial charge in [0, 0.05) is 5.92 Å². The van der Waals surface area contributed by atoms with Crippen LogP contribution in [0, 0.1) is 11.8 Å². The molecular formula is C13H22O3. The molecule has 0 radical (unpaired) electrons. The molecule has 16 heavy (non-hydrogen) atoms. The Labute approximate surface area is 97.9 Å². The van der Waals surface area contributed by atoms with Crippen LogP contribution in [0.4, 0.5) is 0 Å². The number of rotatable bonds is 7. The van der Waals surface area contributed by atoms with E-state index in [1.54, 1.807) is 26.8 Å². The third-order valence-electron chi connectivity index (χ3n) is 2.52. The number of ether oxygens (including phenoxy) is 1. The van der Waals surface area contributed by atoms with E-state index < -0.39 is 11.8 Å². The van der Waals surface area contributed by atoms with Gasteiger partial charge in [-0.15, -0.1) is 6.58 Å². The smallest absolute Gasteiger partial charge is 0.375 e. The number of hydrogen-bond donors (Lipinski definition) is 0. The molecule has 0 aromatic rings. The summed E-state index contributed by atoms with van der Waals surface area (Å²) in [6, 6.07) is 0. The Morgan fingerprint density at radius 3 is 2.25 bits per heavy atom. The van der Waals surface area contributed by atoms with Crippen molar-refractivity contribution in [2.24, 2.45) is 11.8 Å². The van der Waals surface area contributed by atoms with Crippen molar-refractivity contribution < 1.29 is 14.3 Å². The zero-order valence-corrected chi connectivity index (χ0v) is 10.7. The van der Waals surface area contributed by atoms with E-state index >= 15 is 0 Å². The summed E-state index contributed by atoms with van der Waals surface area (Å²) < 4.78 is 4.88. The first-order chi connectivity index (χ1) is 7.43. The Hall–Kier alpha value is -1.12. The molecule has 0 amide bonds. The fourth-order valence-corrected chi connectivity index (χ4v) is 1.56. The monoisotopic (exact) mass is 226 g/mol. The molecule has 0 rings (SSSR count). The van der Waals surface area contributed by atoms with E-state index in [-0.39, 0.29) is 17.9 Å². The summed E-state index contributed by atoms with van der Waals surface area (Å²) in [5.41, 5.74) is 0. The quantitative estimate of drug-likeness (QED) is 0.381. The van der Waals surface area contributed by atoms with Crippen molar-refractivity contribution in [1.82, 2.24) is 0 Å². The first-order valence-corrected chi connectivity index (χ1v) is 5.81. The van der Waals surface area contributed by atoms with Crippen LogP contribution in [0.2, 0.25) is 0 Å². The average Bonchev–Trinajstić information content (AvgIpc) is 2.22. The van der Waals surface area contributed by atoms with Crippen LogP contribution in [0.5, 0.6) is 0 Å². The van der Waals surface area contributed by atoms with Gasteiger partial charge in [0.1, 0.15) is 0 Å². The first-order valence-electron chi connectivity index (χ1n) is 5.81. The van der Waals surface area contributed by atoms with Gasteiger partial charge in [-0.25, -0.2) is 4.79 Å². The molecule has 92 valence electrons. The summed E-state index contributed by atoms with van der Waals surface area (Å²) in [6.07, 6.45) is 3.32. The van der Waals surface area contributed by atoms with E-state index in [4.69, 9.17) is 4.74 Å². The Morgan fingerprint density at radius 1 is 1.31 bits per heavy atom. The number of esters is 1. The summed E-state index contributed by atoms with van der Waals surface area (Å²) in [5, 5.41) is 0. The van der Waals surface area contributed by atoms with Crippen molar-refractivity contribution in [3.05, 3.63) is 12.7 Å². The summed E-state index contributed by atoms with van der Waals surface area (Å²) in [6.45, 7) is 11.0. The Balaban J connectivity index is 4.46. The highest BCUT2D eigenvalue weighted by Gasteiger charge is 2.28. The summed E-state index contributed by atoms with van der Waals surface area (Å²) >= 11 is 0. The molecule has 0 saturated heterocycles. The second-order valence-electron chi connectivity index (χ2n) is 4.30. The fraction of sp³-hybridized carbons (Fsp3) is 0.692. The van der Waals surface area contributed by atoms with Gasteiger partial charge in [0.15, 0.2) is 0 Å². The van der Waals surface area contributed by atoms with E-state index in [9.17, 15) is 9.59 Å². The van der Waals surface area contributed by atoms with E-state index in [0.29, 0.717) is 0 Å². The Bertz CT molecular complexity index is 256. The summed E-state index contributed by atoms with van der Waals surface area (Å²) in [7, 11) is 0. The highest BCUT2D eigenvalue weighted by molar-refractivity contribution is 6.34. The van der Waals surface area contributed by atoms with Crippen LogP contribution < -0.4 is 0 Å². The van der Waals surface area contributed by atoms with Gasteiger partial charge in [0.25, 0.3) is 0 Å². The van der Waals surface area contributed by atoms with Gasteiger partial charge in [0.05, 0.1) is 6.10 Å². The van der Waals surface area contributed by atoms with Gasteiger partial charge in [-0.2, -0.15) is 0 Å². The number of carbonyl (C=O) groups excluding carboxylic acids is 2. The number of hydrogen-bond acceptors (Lipinski definition) is 3. The van der Waals surface area contributed by atoms with Gasteiger partial charge in [0.2, 0.25) is 5.78 Å². The number of Topliss-reactive ketones (excluding diaryl/α,β-unsaturated/α-hetero) is 1. The van der Waals surface area contributed by atoms with Crippen molar-refractivity contribution in [2.75, 3.05) is 0 Å². The van der Waals surface area contributed by atoms with Crippen molar-refractivity contribution in [3.8, 4) is 0 Å². The number of allylic oxidation sites excluding steroid dienone is 1. The highest BCUT2D eigenvalue weighted by Crippen LogP contribution is 2.20. The molecule has 2 atom stereocenters. The standard InChI is InChI=1S/C13H22O3/c1-6-8-11(7-2)10(5)12(14)13(15)16-9(3)4/h7,9-11H,2,6,8H2,1,3-5H3. The lowest BCUT2D eigenvalue weighted by Gasteiger charge is -2.18. The zero-order valence-electron chi connectivity index (χ0n) is 10.7.